The van der Waals surface area contributed by atoms with Crippen LogP contribution in [0.5, 0.6) is 0 Å². The normalized spacial score (nSPS) is 11.2. The summed E-state index contributed by atoms with van der Waals surface area (Å²) in [6.45, 7) is 1.58. The second kappa shape index (κ2) is 7.57. The predicted octanol–water partition coefficient (Wildman–Crippen LogP) is 6.02. The summed E-state index contributed by atoms with van der Waals surface area (Å²) in [6.07, 6.45) is 5.63. The van der Waals surface area contributed by atoms with E-state index in [1.807, 2.05) is 36.8 Å². The average molecular weight is 399 g/mol. The molecule has 3 aromatic carbocycles. The van der Waals surface area contributed by atoms with Gasteiger partial charge in [-0.1, -0.05) is 54.1 Å². The van der Waals surface area contributed by atoms with Crippen LogP contribution in [0.3, 0.4) is 0 Å². The Labute approximate surface area is 173 Å². The first-order valence-electron chi connectivity index (χ1n) is 9.56. The monoisotopic (exact) mass is 398 g/mol. The first-order chi connectivity index (χ1) is 14.3. The Morgan fingerprint density at radius 2 is 1.83 bits per heavy atom. The van der Waals surface area contributed by atoms with Crippen molar-refractivity contribution in [2.45, 2.75) is 6.54 Å². The molecule has 0 bridgehead atoms. The first kappa shape index (κ1) is 17.7. The molecule has 1 N–H and O–H groups in total. The standard InChI is InChI=1S/C24H19ClN4/c25-18-8-9-21-22(10-11-27-23(21)14-18)28-12-13-29-16-26-15-24(29)20-7-3-5-17-4-1-2-6-19(17)20/h1-11,14-16H,12-13H2,(H,27,28). The number of fused-ring (bicyclic) bond motifs is 2. The molecule has 0 spiro atoms. The topological polar surface area (TPSA) is 42.7 Å². The van der Waals surface area contributed by atoms with Crippen molar-refractivity contribution in [3.05, 3.63) is 90.5 Å². The summed E-state index contributed by atoms with van der Waals surface area (Å²) in [5, 5.41) is 7.76. The smallest absolute Gasteiger partial charge is 0.0951 e. The largest absolute Gasteiger partial charge is 0.383 e. The molecule has 0 fully saturated rings. The highest BCUT2D eigenvalue weighted by Gasteiger charge is 2.09. The summed E-state index contributed by atoms with van der Waals surface area (Å²) in [5.41, 5.74) is 4.26. The third-order valence-corrected chi connectivity index (χ3v) is 5.39. The molecule has 0 amide bonds. The molecule has 29 heavy (non-hydrogen) atoms. The van der Waals surface area contributed by atoms with Crippen LogP contribution in [-0.2, 0) is 6.54 Å². The van der Waals surface area contributed by atoms with E-state index >= 15 is 0 Å². The summed E-state index contributed by atoms with van der Waals surface area (Å²) in [5.74, 6) is 0. The van der Waals surface area contributed by atoms with Crippen molar-refractivity contribution in [2.24, 2.45) is 0 Å². The highest BCUT2D eigenvalue weighted by molar-refractivity contribution is 6.31. The number of aromatic nitrogens is 3. The molecule has 4 nitrogen and oxygen atoms in total. The van der Waals surface area contributed by atoms with Gasteiger partial charge in [0.2, 0.25) is 0 Å². The van der Waals surface area contributed by atoms with E-state index in [0.717, 1.165) is 35.4 Å². The maximum atomic E-state index is 6.09. The van der Waals surface area contributed by atoms with Crippen LogP contribution in [0.2, 0.25) is 5.02 Å². The molecule has 0 atom stereocenters. The molecule has 0 aliphatic heterocycles. The van der Waals surface area contributed by atoms with Crippen LogP contribution < -0.4 is 5.32 Å². The quantitative estimate of drug-likeness (QED) is 0.393. The Kier molecular flexibility index (Phi) is 4.62. The molecule has 0 radical (unpaired) electrons. The summed E-state index contributed by atoms with van der Waals surface area (Å²) in [6, 6.07) is 22.6. The van der Waals surface area contributed by atoms with Gasteiger partial charge in [-0.15, -0.1) is 0 Å². The number of rotatable bonds is 5. The molecule has 2 heterocycles. The lowest BCUT2D eigenvalue weighted by Gasteiger charge is -2.13. The number of nitrogens with zero attached hydrogens (tertiary/aromatic N) is 3. The Balaban J connectivity index is 1.39. The summed E-state index contributed by atoms with van der Waals surface area (Å²) in [7, 11) is 0. The molecular formula is C24H19ClN4. The van der Waals surface area contributed by atoms with Gasteiger partial charge in [0.05, 0.1) is 23.7 Å². The van der Waals surface area contributed by atoms with Gasteiger partial charge in [0, 0.05) is 40.9 Å². The first-order valence-corrected chi connectivity index (χ1v) is 9.94. The van der Waals surface area contributed by atoms with Gasteiger partial charge in [-0.2, -0.15) is 0 Å². The van der Waals surface area contributed by atoms with Crippen molar-refractivity contribution in [3.8, 4) is 11.3 Å². The van der Waals surface area contributed by atoms with Crippen molar-refractivity contribution >= 4 is 39.0 Å². The van der Waals surface area contributed by atoms with Gasteiger partial charge in [0.15, 0.2) is 0 Å². The lowest BCUT2D eigenvalue weighted by molar-refractivity contribution is 0.734. The van der Waals surface area contributed by atoms with Gasteiger partial charge < -0.3 is 9.88 Å². The summed E-state index contributed by atoms with van der Waals surface area (Å²) >= 11 is 6.09. The highest BCUT2D eigenvalue weighted by atomic mass is 35.5. The Morgan fingerprint density at radius 1 is 0.931 bits per heavy atom. The van der Waals surface area contributed by atoms with Gasteiger partial charge >= 0.3 is 0 Å². The zero-order valence-corrected chi connectivity index (χ0v) is 16.5. The van der Waals surface area contributed by atoms with E-state index in [9.17, 15) is 0 Å². The molecule has 5 heteroatoms. The SMILES string of the molecule is Clc1ccc2c(NCCn3cncc3-c3cccc4ccccc34)ccnc2c1. The minimum Gasteiger partial charge on any atom is -0.383 e. The van der Waals surface area contributed by atoms with Crippen molar-refractivity contribution in [2.75, 3.05) is 11.9 Å². The zero-order valence-electron chi connectivity index (χ0n) is 15.7. The average Bonchev–Trinajstić information content (AvgIpc) is 3.21. The van der Waals surface area contributed by atoms with Gasteiger partial charge in [0.1, 0.15) is 0 Å². The molecule has 142 valence electrons. The van der Waals surface area contributed by atoms with Crippen LogP contribution in [0.1, 0.15) is 0 Å². The van der Waals surface area contributed by atoms with Crippen LogP contribution in [-0.4, -0.2) is 21.1 Å². The molecule has 0 saturated carbocycles. The van der Waals surface area contributed by atoms with E-state index in [1.165, 1.54) is 16.3 Å². The fourth-order valence-electron chi connectivity index (χ4n) is 3.76. The van der Waals surface area contributed by atoms with E-state index in [0.29, 0.717) is 5.02 Å². The van der Waals surface area contributed by atoms with Gasteiger partial charge in [-0.25, -0.2) is 4.98 Å². The predicted molar refractivity (Wildman–Crippen MR) is 120 cm³/mol. The lowest BCUT2D eigenvalue weighted by atomic mass is 10.0. The minimum atomic E-state index is 0.695. The Bertz CT molecular complexity index is 1300. The number of pyridine rings is 1. The zero-order chi connectivity index (χ0) is 19.6. The van der Waals surface area contributed by atoms with Crippen molar-refractivity contribution < 1.29 is 0 Å². The van der Waals surface area contributed by atoms with Crippen molar-refractivity contribution in [3.63, 3.8) is 0 Å². The minimum absolute atomic E-state index is 0.695. The van der Waals surface area contributed by atoms with Crippen LogP contribution in [0.15, 0.2) is 85.5 Å². The second-order valence-corrected chi connectivity index (χ2v) is 7.38. The second-order valence-electron chi connectivity index (χ2n) is 6.95. The fraction of sp³-hybridized carbons (Fsp3) is 0.0833. The van der Waals surface area contributed by atoms with E-state index in [1.54, 1.807) is 6.20 Å². The Hall–Kier alpha value is -3.37. The molecule has 5 rings (SSSR count). The number of benzene rings is 3. The number of imidazole rings is 1. The number of hydrogen-bond acceptors (Lipinski definition) is 3. The van der Waals surface area contributed by atoms with E-state index in [4.69, 9.17) is 11.6 Å². The molecule has 0 aliphatic rings. The maximum Gasteiger partial charge on any atom is 0.0951 e. The number of anilines is 1. The molecular weight excluding hydrogens is 380 g/mol. The van der Waals surface area contributed by atoms with Crippen molar-refractivity contribution in [1.82, 2.24) is 14.5 Å². The molecule has 0 saturated heterocycles. The lowest BCUT2D eigenvalue weighted by Crippen LogP contribution is -2.11. The maximum absolute atomic E-state index is 6.09. The third kappa shape index (κ3) is 3.43. The van der Waals surface area contributed by atoms with Crippen LogP contribution in [0, 0.1) is 0 Å². The van der Waals surface area contributed by atoms with Crippen molar-refractivity contribution in [1.29, 1.82) is 0 Å². The number of nitrogens with one attached hydrogen (secondary N) is 1. The van der Waals surface area contributed by atoms with Gasteiger partial charge in [-0.3, -0.25) is 4.98 Å². The molecule has 2 aromatic heterocycles. The van der Waals surface area contributed by atoms with E-state index in [-0.39, 0.29) is 0 Å². The highest BCUT2D eigenvalue weighted by Crippen LogP contribution is 2.28. The van der Waals surface area contributed by atoms with Gasteiger partial charge in [0.25, 0.3) is 0 Å². The third-order valence-electron chi connectivity index (χ3n) is 5.15. The fourth-order valence-corrected chi connectivity index (χ4v) is 3.92. The molecule has 5 aromatic rings. The Morgan fingerprint density at radius 3 is 2.79 bits per heavy atom. The summed E-state index contributed by atoms with van der Waals surface area (Å²) < 4.78 is 2.19. The van der Waals surface area contributed by atoms with Crippen LogP contribution in [0.4, 0.5) is 5.69 Å². The van der Waals surface area contributed by atoms with E-state index in [2.05, 4.69) is 62.3 Å². The molecule has 0 aliphatic carbocycles. The van der Waals surface area contributed by atoms with Crippen LogP contribution >= 0.6 is 11.6 Å². The van der Waals surface area contributed by atoms with E-state index < -0.39 is 0 Å². The van der Waals surface area contributed by atoms with Crippen LogP contribution in [0.25, 0.3) is 32.9 Å². The van der Waals surface area contributed by atoms with Gasteiger partial charge in [-0.05, 0) is 35.0 Å². The summed E-state index contributed by atoms with van der Waals surface area (Å²) in [4.78, 5) is 8.80. The number of hydrogen-bond donors (Lipinski definition) is 1. The number of halogens is 1. The molecule has 0 unspecified atom stereocenters.